The van der Waals surface area contributed by atoms with Crippen LogP contribution < -0.4 is 10.2 Å². The van der Waals surface area contributed by atoms with Gasteiger partial charge in [-0.15, -0.1) is 5.69 Å². The fourth-order valence-corrected chi connectivity index (χ4v) is 10.8. The highest BCUT2D eigenvalue weighted by Gasteiger charge is 2.50. The van der Waals surface area contributed by atoms with Crippen LogP contribution in [0.4, 0.5) is 11.4 Å². The van der Waals surface area contributed by atoms with E-state index in [-0.39, 0.29) is 23.8 Å². The maximum atomic E-state index is 5.41. The van der Waals surface area contributed by atoms with Crippen LogP contribution in [-0.4, -0.2) is 29.3 Å². The third-order valence-electron chi connectivity index (χ3n) is 13.3. The molecule has 0 bridgehead atoms. The molecule has 264 valence electrons. The summed E-state index contributed by atoms with van der Waals surface area (Å²) in [4.78, 5) is 5.41. The second-order valence-corrected chi connectivity index (χ2v) is 17.2. The van der Waals surface area contributed by atoms with E-state index in [0.29, 0.717) is 35.8 Å². The molecule has 4 heteroatoms. The van der Waals surface area contributed by atoms with Crippen LogP contribution in [0.3, 0.4) is 0 Å². The summed E-state index contributed by atoms with van der Waals surface area (Å²) in [5.74, 6) is 2.30. The van der Waals surface area contributed by atoms with Crippen LogP contribution in [0.2, 0.25) is 0 Å². The van der Waals surface area contributed by atoms with Crippen LogP contribution in [0.15, 0.2) is 145 Å². The van der Waals surface area contributed by atoms with Gasteiger partial charge in [0.05, 0.1) is 18.1 Å². The molecule has 10 rings (SSSR count). The molecule has 52 heavy (non-hydrogen) atoms. The van der Waals surface area contributed by atoms with Crippen molar-refractivity contribution in [2.24, 2.45) is 17.8 Å². The molecule has 0 amide bonds. The molecule has 0 aromatic heterocycles. The van der Waals surface area contributed by atoms with Gasteiger partial charge in [0.1, 0.15) is 0 Å². The van der Waals surface area contributed by atoms with Crippen molar-refractivity contribution in [2.75, 3.05) is 4.90 Å². The molecule has 3 heterocycles. The number of nitrogens with zero attached hydrogens (tertiary/aromatic N) is 3. The molecule has 9 unspecified atom stereocenters. The molecule has 4 aliphatic carbocycles. The van der Waals surface area contributed by atoms with Crippen molar-refractivity contribution in [3.63, 3.8) is 0 Å². The van der Waals surface area contributed by atoms with Gasteiger partial charge in [0.15, 0.2) is 0 Å². The molecule has 3 aliphatic heterocycles. The van der Waals surface area contributed by atoms with Crippen LogP contribution in [0.25, 0.3) is 5.32 Å². The summed E-state index contributed by atoms with van der Waals surface area (Å²) in [6.07, 6.45) is 30.1. The van der Waals surface area contributed by atoms with Crippen molar-refractivity contribution < 1.29 is 0 Å². The van der Waals surface area contributed by atoms with Gasteiger partial charge in [-0.3, -0.25) is 0 Å². The third kappa shape index (κ3) is 5.28. The second-order valence-electron chi connectivity index (χ2n) is 17.2. The third-order valence-corrected chi connectivity index (χ3v) is 13.3. The van der Waals surface area contributed by atoms with Crippen molar-refractivity contribution in [3.05, 3.63) is 172 Å². The van der Waals surface area contributed by atoms with E-state index < -0.39 is 0 Å². The maximum absolute atomic E-state index is 5.41. The van der Waals surface area contributed by atoms with Gasteiger partial charge < -0.3 is 20.4 Å². The first-order valence-electron chi connectivity index (χ1n) is 19.8. The minimum atomic E-state index is -0.175. The van der Waals surface area contributed by atoms with Crippen LogP contribution in [0.1, 0.15) is 87.1 Å². The van der Waals surface area contributed by atoms with E-state index in [1.165, 1.54) is 53.6 Å². The monoisotopic (exact) mass is 683 g/mol. The van der Waals surface area contributed by atoms with Crippen LogP contribution in [-0.2, 0) is 5.41 Å². The fraction of sp³-hybridized carbons (Fsp3) is 0.375. The quantitative estimate of drug-likeness (QED) is 0.297. The van der Waals surface area contributed by atoms with Gasteiger partial charge >= 0.3 is 0 Å². The summed E-state index contributed by atoms with van der Waals surface area (Å²) in [7, 11) is 0. The Hall–Kier alpha value is -4.54. The summed E-state index contributed by atoms with van der Waals surface area (Å²) in [6, 6.07) is 28.5. The average molecular weight is 684 g/mol. The molecule has 9 atom stereocenters. The number of fused-ring (bicyclic) bond motifs is 7. The standard InChI is InChI=1S/C48H51N4/c1-48(2,3)34-25-21-31(22-26-34)46-38-17-7-10-18-41(38)49-47(50-46)52-43-20-12-9-16-37(43)40-30-33(24-28-45(40)52)32-23-27-44-39(29-32)36-15-8-11-19-42(36)51(44)35-13-5-4-6-14-35/h4-13,16-22,24-26,28,30,32,35-36,39-40,44-47,50H,14-15,23,27,29H2,1-3H3/q-1. The van der Waals surface area contributed by atoms with E-state index in [9.17, 15) is 0 Å². The lowest BCUT2D eigenvalue weighted by Crippen LogP contribution is -2.51. The summed E-state index contributed by atoms with van der Waals surface area (Å²) in [5.41, 5.74) is 11.0. The van der Waals surface area contributed by atoms with Gasteiger partial charge in [-0.2, -0.15) is 0 Å². The first-order valence-corrected chi connectivity index (χ1v) is 19.8. The molecular formula is C48H51N4-. The molecule has 3 aromatic carbocycles. The van der Waals surface area contributed by atoms with Crippen molar-refractivity contribution >= 4 is 11.4 Å². The average Bonchev–Trinajstić information content (AvgIpc) is 3.70. The lowest BCUT2D eigenvalue weighted by molar-refractivity contribution is 0.146. The molecule has 0 radical (unpaired) electrons. The Kier molecular flexibility index (Phi) is 7.76. The minimum Gasteiger partial charge on any atom is -0.653 e. The van der Waals surface area contributed by atoms with Gasteiger partial charge in [0, 0.05) is 35.6 Å². The van der Waals surface area contributed by atoms with Gasteiger partial charge in [0.25, 0.3) is 0 Å². The normalized spacial score (nSPS) is 32.6. The van der Waals surface area contributed by atoms with E-state index in [1.54, 1.807) is 11.3 Å². The van der Waals surface area contributed by atoms with Crippen molar-refractivity contribution in [2.45, 2.75) is 94.7 Å². The zero-order valence-corrected chi connectivity index (χ0v) is 30.8. The number of hydrogen-bond donors (Lipinski definition) is 1. The Bertz CT molecular complexity index is 2040. The zero-order chi connectivity index (χ0) is 35.0. The number of hydrogen-bond acceptors (Lipinski definition) is 3. The Morgan fingerprint density at radius 2 is 1.60 bits per heavy atom. The first kappa shape index (κ1) is 32.1. The highest BCUT2D eigenvalue weighted by Crippen LogP contribution is 2.54. The molecule has 2 fully saturated rings. The van der Waals surface area contributed by atoms with E-state index in [2.05, 4.69) is 169 Å². The Balaban J connectivity index is 0.932. The molecule has 7 aliphatic rings. The number of benzene rings is 3. The Morgan fingerprint density at radius 3 is 2.42 bits per heavy atom. The number of para-hydroxylation sites is 2. The number of anilines is 1. The van der Waals surface area contributed by atoms with Gasteiger partial charge in [-0.25, -0.2) is 0 Å². The summed E-state index contributed by atoms with van der Waals surface area (Å²) < 4.78 is 0. The highest BCUT2D eigenvalue weighted by atomic mass is 15.4. The zero-order valence-electron chi connectivity index (χ0n) is 30.8. The van der Waals surface area contributed by atoms with Crippen molar-refractivity contribution in [1.29, 1.82) is 0 Å². The van der Waals surface area contributed by atoms with Gasteiger partial charge in [-0.05, 0) is 89.3 Å². The lowest BCUT2D eigenvalue weighted by Gasteiger charge is -2.52. The second kappa shape index (κ2) is 12.6. The molecular weight excluding hydrogens is 633 g/mol. The van der Waals surface area contributed by atoms with E-state index in [0.717, 1.165) is 12.1 Å². The SMILES string of the molecule is CC(C)(C)c1ccc(C2NC(N3c4ccccc4C4C=C(C5CCC6C(C5)C5CC=CC=C5N6C5C=CC=CC5)C=CC43)[N-]c3ccccc32)cc1. The summed E-state index contributed by atoms with van der Waals surface area (Å²) in [5, 5.41) is 9.45. The fourth-order valence-electron chi connectivity index (χ4n) is 10.8. The number of likely N-dealkylation sites (tertiary alicyclic amines) is 1. The topological polar surface area (TPSA) is 32.6 Å². The van der Waals surface area contributed by atoms with E-state index in [1.807, 2.05) is 0 Å². The Labute approximate surface area is 310 Å². The predicted molar refractivity (Wildman–Crippen MR) is 215 cm³/mol. The maximum Gasteiger partial charge on any atom is 0.0580 e. The molecule has 1 N–H and O–H groups in total. The van der Waals surface area contributed by atoms with E-state index in [4.69, 9.17) is 5.32 Å². The lowest BCUT2D eigenvalue weighted by atomic mass is 9.69. The van der Waals surface area contributed by atoms with Crippen LogP contribution in [0.5, 0.6) is 0 Å². The van der Waals surface area contributed by atoms with Gasteiger partial charge in [-0.1, -0.05) is 142 Å². The van der Waals surface area contributed by atoms with E-state index >= 15 is 0 Å². The Morgan fingerprint density at radius 1 is 0.788 bits per heavy atom. The minimum absolute atomic E-state index is 0.0625. The summed E-state index contributed by atoms with van der Waals surface area (Å²) in [6.45, 7) is 6.85. The molecule has 0 spiro atoms. The first-order chi connectivity index (χ1) is 25.4. The summed E-state index contributed by atoms with van der Waals surface area (Å²) >= 11 is 0. The smallest absolute Gasteiger partial charge is 0.0580 e. The van der Waals surface area contributed by atoms with Crippen molar-refractivity contribution in [1.82, 2.24) is 10.2 Å². The molecule has 4 nitrogen and oxygen atoms in total. The van der Waals surface area contributed by atoms with Gasteiger partial charge in [0.2, 0.25) is 0 Å². The predicted octanol–water partition coefficient (Wildman–Crippen LogP) is 10.9. The van der Waals surface area contributed by atoms with Crippen LogP contribution in [0, 0.1) is 17.8 Å². The molecule has 3 aromatic rings. The number of rotatable bonds is 4. The molecule has 1 saturated carbocycles. The van der Waals surface area contributed by atoms with Crippen LogP contribution >= 0.6 is 0 Å². The van der Waals surface area contributed by atoms with Crippen molar-refractivity contribution in [3.8, 4) is 0 Å². The number of nitrogens with one attached hydrogen (secondary N) is 1. The molecule has 1 saturated heterocycles. The highest BCUT2D eigenvalue weighted by molar-refractivity contribution is 5.70. The number of allylic oxidation sites excluding steroid dienone is 8. The largest absolute Gasteiger partial charge is 0.653 e.